The molecule has 0 aliphatic carbocycles. The van der Waals surface area contributed by atoms with Gasteiger partial charge in [0.1, 0.15) is 5.82 Å². The van der Waals surface area contributed by atoms with E-state index in [9.17, 15) is 8.78 Å². The average Bonchev–Trinajstić information content (AvgIpc) is 2.99. The van der Waals surface area contributed by atoms with Crippen LogP contribution in [0, 0.1) is 23.4 Å². The molecule has 0 aromatic heterocycles. The third kappa shape index (κ3) is 8.48. The lowest BCUT2D eigenvalue weighted by Crippen LogP contribution is -2.20. The van der Waals surface area contributed by atoms with Crippen LogP contribution < -0.4 is 4.74 Å². The number of unbranched alkanes of at least 4 members (excludes halogenated alkanes) is 5. The SMILES string of the molecule is C/C=C/CCC1CCC(c2ccc(-c3ccc(-c4ccc(OCCCCCCCC)c(F)c4F)cc3)c(F)c2)OC1. The molecular weight excluding hydrogens is 521 g/mol. The fourth-order valence-electron chi connectivity index (χ4n) is 5.52. The molecule has 220 valence electrons. The third-order valence-corrected chi connectivity index (χ3v) is 8.02. The van der Waals surface area contributed by atoms with E-state index >= 15 is 4.39 Å². The van der Waals surface area contributed by atoms with Crippen molar-refractivity contribution in [1.29, 1.82) is 0 Å². The van der Waals surface area contributed by atoms with Gasteiger partial charge in [-0.25, -0.2) is 8.78 Å². The molecule has 0 N–H and O–H groups in total. The molecule has 5 heteroatoms. The molecule has 1 aliphatic rings. The van der Waals surface area contributed by atoms with Gasteiger partial charge in [0.2, 0.25) is 5.82 Å². The van der Waals surface area contributed by atoms with Gasteiger partial charge in [0, 0.05) is 11.1 Å². The Morgan fingerprint density at radius 1 is 0.829 bits per heavy atom. The van der Waals surface area contributed by atoms with Crippen LogP contribution in [0.1, 0.15) is 89.7 Å². The summed E-state index contributed by atoms with van der Waals surface area (Å²) < 4.78 is 56.5. The second kappa shape index (κ2) is 15.8. The Hall–Kier alpha value is -3.05. The molecule has 3 aromatic carbocycles. The molecule has 2 unspecified atom stereocenters. The van der Waals surface area contributed by atoms with Gasteiger partial charge < -0.3 is 9.47 Å². The van der Waals surface area contributed by atoms with Crippen LogP contribution >= 0.6 is 0 Å². The summed E-state index contributed by atoms with van der Waals surface area (Å²) in [6.07, 6.45) is 14.9. The molecule has 0 bridgehead atoms. The zero-order valence-electron chi connectivity index (χ0n) is 24.4. The Bertz CT molecular complexity index is 1260. The van der Waals surface area contributed by atoms with E-state index in [4.69, 9.17) is 9.47 Å². The van der Waals surface area contributed by atoms with Gasteiger partial charge in [-0.05, 0) is 79.8 Å². The van der Waals surface area contributed by atoms with E-state index in [1.54, 1.807) is 36.4 Å². The Morgan fingerprint density at radius 2 is 1.54 bits per heavy atom. The number of hydrogen-bond donors (Lipinski definition) is 0. The molecular formula is C36H43F3O2. The molecule has 0 spiro atoms. The topological polar surface area (TPSA) is 18.5 Å². The molecule has 1 saturated heterocycles. The molecule has 4 rings (SSSR count). The van der Waals surface area contributed by atoms with Gasteiger partial charge in [0.05, 0.1) is 19.3 Å². The molecule has 2 atom stereocenters. The largest absolute Gasteiger partial charge is 0.490 e. The van der Waals surface area contributed by atoms with Crippen LogP contribution in [0.3, 0.4) is 0 Å². The summed E-state index contributed by atoms with van der Waals surface area (Å²) in [5.41, 5.74) is 2.65. The van der Waals surface area contributed by atoms with Gasteiger partial charge in [-0.2, -0.15) is 4.39 Å². The minimum absolute atomic E-state index is 0.0651. The highest BCUT2D eigenvalue weighted by atomic mass is 19.2. The van der Waals surface area contributed by atoms with Crippen molar-refractivity contribution in [2.45, 2.75) is 84.2 Å². The van der Waals surface area contributed by atoms with E-state index in [0.29, 0.717) is 35.8 Å². The number of benzene rings is 3. The number of ether oxygens (including phenoxy) is 2. The van der Waals surface area contributed by atoms with Gasteiger partial charge in [0.15, 0.2) is 11.6 Å². The first-order valence-corrected chi connectivity index (χ1v) is 15.3. The maximum Gasteiger partial charge on any atom is 0.201 e. The summed E-state index contributed by atoms with van der Waals surface area (Å²) in [5.74, 6) is -1.75. The highest BCUT2D eigenvalue weighted by Gasteiger charge is 2.23. The van der Waals surface area contributed by atoms with E-state index in [1.165, 1.54) is 31.4 Å². The normalized spacial score (nSPS) is 17.3. The van der Waals surface area contributed by atoms with E-state index in [2.05, 4.69) is 19.1 Å². The Morgan fingerprint density at radius 3 is 2.22 bits per heavy atom. The van der Waals surface area contributed by atoms with Crippen LogP contribution in [-0.2, 0) is 4.74 Å². The van der Waals surface area contributed by atoms with E-state index in [-0.39, 0.29) is 23.2 Å². The summed E-state index contributed by atoms with van der Waals surface area (Å²) in [4.78, 5) is 0. The van der Waals surface area contributed by atoms with Crippen molar-refractivity contribution in [3.8, 4) is 28.0 Å². The van der Waals surface area contributed by atoms with Crippen LogP contribution in [0.15, 0.2) is 66.7 Å². The van der Waals surface area contributed by atoms with E-state index in [1.807, 2.05) is 13.0 Å². The van der Waals surface area contributed by atoms with Crippen molar-refractivity contribution in [1.82, 2.24) is 0 Å². The molecule has 1 fully saturated rings. The first-order chi connectivity index (χ1) is 20.0. The summed E-state index contributed by atoms with van der Waals surface area (Å²) in [6, 6.07) is 15.1. The van der Waals surface area contributed by atoms with Crippen molar-refractivity contribution in [3.05, 3.63) is 89.8 Å². The second-order valence-electron chi connectivity index (χ2n) is 11.1. The van der Waals surface area contributed by atoms with Crippen molar-refractivity contribution in [3.63, 3.8) is 0 Å². The molecule has 1 heterocycles. The molecule has 3 aromatic rings. The van der Waals surface area contributed by atoms with Gasteiger partial charge in [0.25, 0.3) is 0 Å². The Kier molecular flexibility index (Phi) is 11.9. The van der Waals surface area contributed by atoms with Crippen molar-refractivity contribution >= 4 is 0 Å². The zero-order valence-corrected chi connectivity index (χ0v) is 24.4. The zero-order chi connectivity index (χ0) is 29.0. The molecule has 1 aliphatic heterocycles. The van der Waals surface area contributed by atoms with Gasteiger partial charge >= 0.3 is 0 Å². The van der Waals surface area contributed by atoms with Crippen molar-refractivity contribution in [2.24, 2.45) is 5.92 Å². The first-order valence-electron chi connectivity index (χ1n) is 15.3. The highest BCUT2D eigenvalue weighted by molar-refractivity contribution is 5.71. The van der Waals surface area contributed by atoms with Crippen LogP contribution in [0.25, 0.3) is 22.3 Å². The van der Waals surface area contributed by atoms with Crippen LogP contribution in [0.4, 0.5) is 13.2 Å². The quantitative estimate of drug-likeness (QED) is 0.143. The predicted molar refractivity (Wildman–Crippen MR) is 162 cm³/mol. The van der Waals surface area contributed by atoms with Crippen LogP contribution in [0.2, 0.25) is 0 Å². The lowest BCUT2D eigenvalue weighted by Gasteiger charge is -2.29. The lowest BCUT2D eigenvalue weighted by atomic mass is 9.91. The Balaban J connectivity index is 1.35. The molecule has 41 heavy (non-hydrogen) atoms. The van der Waals surface area contributed by atoms with Gasteiger partial charge in [-0.3, -0.25) is 0 Å². The monoisotopic (exact) mass is 564 g/mol. The molecule has 0 saturated carbocycles. The Labute approximate surface area is 243 Å². The summed E-state index contributed by atoms with van der Waals surface area (Å²) in [6.45, 7) is 5.28. The second-order valence-corrected chi connectivity index (χ2v) is 11.1. The fraction of sp³-hybridized carbons (Fsp3) is 0.444. The first kappa shape index (κ1) is 30.9. The lowest BCUT2D eigenvalue weighted by molar-refractivity contribution is -0.0191. The fourth-order valence-corrected chi connectivity index (χ4v) is 5.52. The minimum Gasteiger partial charge on any atom is -0.490 e. The van der Waals surface area contributed by atoms with E-state index in [0.717, 1.165) is 50.5 Å². The van der Waals surface area contributed by atoms with Crippen molar-refractivity contribution < 1.29 is 22.6 Å². The molecule has 2 nitrogen and oxygen atoms in total. The average molecular weight is 565 g/mol. The van der Waals surface area contributed by atoms with Crippen LogP contribution in [0.5, 0.6) is 5.75 Å². The molecule has 0 amide bonds. The van der Waals surface area contributed by atoms with Crippen molar-refractivity contribution in [2.75, 3.05) is 13.2 Å². The smallest absolute Gasteiger partial charge is 0.201 e. The van der Waals surface area contributed by atoms with E-state index < -0.39 is 11.6 Å². The van der Waals surface area contributed by atoms with Crippen LogP contribution in [-0.4, -0.2) is 13.2 Å². The summed E-state index contributed by atoms with van der Waals surface area (Å²) >= 11 is 0. The third-order valence-electron chi connectivity index (χ3n) is 8.02. The molecule has 0 radical (unpaired) electrons. The predicted octanol–water partition coefficient (Wildman–Crippen LogP) is 11.0. The number of allylic oxidation sites excluding steroid dienone is 2. The number of halogens is 3. The summed E-state index contributed by atoms with van der Waals surface area (Å²) in [5, 5.41) is 0. The maximum atomic E-state index is 15.2. The number of hydrogen-bond acceptors (Lipinski definition) is 2. The minimum atomic E-state index is -0.978. The summed E-state index contributed by atoms with van der Waals surface area (Å²) in [7, 11) is 0. The van der Waals surface area contributed by atoms with Gasteiger partial charge in [-0.1, -0.05) is 87.6 Å². The number of rotatable bonds is 14. The standard InChI is InChI=1S/C36H43F3O2/c1-3-5-7-8-9-11-23-40-34-22-20-31(35(38)36(34)39)28-16-14-27(15-17-28)30-19-18-29(24-32(30)37)33-21-13-26(25-41-33)12-10-6-4-2/h4,6,14-20,22,24,26,33H,3,5,7-13,21,23,25H2,1-2H3/b6-4+. The van der Waals surface area contributed by atoms with Gasteiger partial charge in [-0.15, -0.1) is 0 Å². The maximum absolute atomic E-state index is 15.2. The highest BCUT2D eigenvalue weighted by Crippen LogP contribution is 2.36.